The van der Waals surface area contributed by atoms with Gasteiger partial charge < -0.3 is 14.8 Å². The van der Waals surface area contributed by atoms with Crippen LogP contribution in [-0.4, -0.2) is 33.5 Å². The van der Waals surface area contributed by atoms with Gasteiger partial charge in [-0.15, -0.1) is 0 Å². The highest BCUT2D eigenvalue weighted by Gasteiger charge is 2.12. The quantitative estimate of drug-likeness (QED) is 0.647. The topological polar surface area (TPSA) is 125 Å². The standard InChI is InChI=1S/C19H22N2O6S/c1-13(2)11-26-16-5-3-4-14(10-16)19(23)27-12-18(22)21-15-6-8-17(9-7-15)28(20,24)25/h3-10,13H,11-12H2,1-2H3,(H,21,22)(H2,20,24,25). The average Bonchev–Trinajstić information content (AvgIpc) is 2.64. The van der Waals surface area contributed by atoms with E-state index in [1.54, 1.807) is 24.3 Å². The number of benzene rings is 2. The van der Waals surface area contributed by atoms with Crippen LogP contribution in [0.15, 0.2) is 53.4 Å². The minimum absolute atomic E-state index is 0.0727. The summed E-state index contributed by atoms with van der Waals surface area (Å²) in [5.74, 6) is -0.334. The van der Waals surface area contributed by atoms with Gasteiger partial charge in [0.2, 0.25) is 10.0 Å². The average molecular weight is 406 g/mol. The minimum Gasteiger partial charge on any atom is -0.493 e. The molecule has 28 heavy (non-hydrogen) atoms. The molecule has 0 saturated carbocycles. The van der Waals surface area contributed by atoms with Crippen LogP contribution >= 0.6 is 0 Å². The van der Waals surface area contributed by atoms with Crippen LogP contribution in [0.1, 0.15) is 24.2 Å². The number of amides is 1. The first kappa shape index (κ1) is 21.4. The lowest BCUT2D eigenvalue weighted by Crippen LogP contribution is -2.21. The first-order chi connectivity index (χ1) is 13.1. The number of nitrogens with one attached hydrogen (secondary N) is 1. The monoisotopic (exact) mass is 406 g/mol. The van der Waals surface area contributed by atoms with Gasteiger partial charge in [-0.05, 0) is 48.4 Å². The summed E-state index contributed by atoms with van der Waals surface area (Å²) in [6.45, 7) is 4.05. The maximum atomic E-state index is 12.1. The lowest BCUT2D eigenvalue weighted by atomic mass is 10.2. The van der Waals surface area contributed by atoms with E-state index < -0.39 is 28.5 Å². The highest BCUT2D eigenvalue weighted by atomic mass is 32.2. The molecule has 0 aliphatic rings. The molecule has 0 aromatic heterocycles. The van der Waals surface area contributed by atoms with Gasteiger partial charge in [0.05, 0.1) is 17.1 Å². The van der Waals surface area contributed by atoms with Gasteiger partial charge in [0.25, 0.3) is 5.91 Å². The molecule has 2 aromatic carbocycles. The molecule has 0 radical (unpaired) electrons. The van der Waals surface area contributed by atoms with Crippen molar-refractivity contribution in [2.45, 2.75) is 18.7 Å². The lowest BCUT2D eigenvalue weighted by molar-refractivity contribution is -0.119. The molecule has 0 bridgehead atoms. The van der Waals surface area contributed by atoms with Crippen LogP contribution in [0.5, 0.6) is 5.75 Å². The normalized spacial score (nSPS) is 11.1. The van der Waals surface area contributed by atoms with Crippen molar-refractivity contribution in [1.82, 2.24) is 0 Å². The third-order valence-corrected chi connectivity index (χ3v) is 4.38. The highest BCUT2D eigenvalue weighted by molar-refractivity contribution is 7.89. The minimum atomic E-state index is -3.81. The second-order valence-corrected chi connectivity index (χ2v) is 7.99. The van der Waals surface area contributed by atoms with Crippen molar-refractivity contribution >= 4 is 27.6 Å². The first-order valence-electron chi connectivity index (χ1n) is 8.48. The molecule has 150 valence electrons. The van der Waals surface area contributed by atoms with E-state index in [4.69, 9.17) is 14.6 Å². The lowest BCUT2D eigenvalue weighted by Gasteiger charge is -2.10. The SMILES string of the molecule is CC(C)COc1cccc(C(=O)OCC(=O)Nc2ccc(S(N)(=O)=O)cc2)c1. The van der Waals surface area contributed by atoms with Gasteiger partial charge in [0, 0.05) is 5.69 Å². The highest BCUT2D eigenvalue weighted by Crippen LogP contribution is 2.16. The van der Waals surface area contributed by atoms with Gasteiger partial charge in [-0.3, -0.25) is 4.79 Å². The van der Waals surface area contributed by atoms with E-state index in [0.717, 1.165) is 0 Å². The van der Waals surface area contributed by atoms with Crippen molar-refractivity contribution in [2.75, 3.05) is 18.5 Å². The predicted molar refractivity (Wildman–Crippen MR) is 104 cm³/mol. The molecule has 0 aliphatic heterocycles. The molecule has 0 aliphatic carbocycles. The van der Waals surface area contributed by atoms with Crippen molar-refractivity contribution in [3.05, 3.63) is 54.1 Å². The summed E-state index contributed by atoms with van der Waals surface area (Å²) in [6, 6.07) is 11.8. The Balaban J connectivity index is 1.88. The molecule has 2 aromatic rings. The molecule has 0 saturated heterocycles. The number of hydrogen-bond donors (Lipinski definition) is 2. The van der Waals surface area contributed by atoms with Crippen LogP contribution < -0.4 is 15.2 Å². The summed E-state index contributed by atoms with van der Waals surface area (Å²) in [4.78, 5) is 24.0. The zero-order valence-corrected chi connectivity index (χ0v) is 16.4. The first-order valence-corrected chi connectivity index (χ1v) is 10.0. The predicted octanol–water partition coefficient (Wildman–Crippen LogP) is 2.16. The summed E-state index contributed by atoms with van der Waals surface area (Å²) in [5, 5.41) is 7.50. The molecule has 1 amide bonds. The number of nitrogens with two attached hydrogens (primary N) is 1. The Morgan fingerprint density at radius 2 is 1.79 bits per heavy atom. The van der Waals surface area contributed by atoms with E-state index >= 15 is 0 Å². The van der Waals surface area contributed by atoms with Crippen LogP contribution in [-0.2, 0) is 19.6 Å². The molecule has 3 N–H and O–H groups in total. The number of rotatable bonds is 8. The Morgan fingerprint density at radius 1 is 1.11 bits per heavy atom. The number of carbonyl (C=O) groups is 2. The third-order valence-electron chi connectivity index (χ3n) is 3.45. The summed E-state index contributed by atoms with van der Waals surface area (Å²) in [5.41, 5.74) is 0.615. The molecular formula is C19H22N2O6S. The summed E-state index contributed by atoms with van der Waals surface area (Å²) in [6.07, 6.45) is 0. The van der Waals surface area contributed by atoms with Crippen LogP contribution in [0.4, 0.5) is 5.69 Å². The molecule has 9 heteroatoms. The van der Waals surface area contributed by atoms with Gasteiger partial charge in [0.15, 0.2) is 6.61 Å². The molecule has 0 unspecified atom stereocenters. The van der Waals surface area contributed by atoms with Gasteiger partial charge in [-0.2, -0.15) is 0 Å². The summed E-state index contributed by atoms with van der Waals surface area (Å²) < 4.78 is 33.0. The number of carbonyl (C=O) groups excluding carboxylic acids is 2. The Kier molecular flexibility index (Phi) is 7.13. The van der Waals surface area contributed by atoms with Crippen LogP contribution in [0.25, 0.3) is 0 Å². The number of ether oxygens (including phenoxy) is 2. The number of anilines is 1. The van der Waals surface area contributed by atoms with Gasteiger partial charge in [0.1, 0.15) is 5.75 Å². The molecule has 0 fully saturated rings. The number of primary sulfonamides is 1. The van der Waals surface area contributed by atoms with E-state index in [1.165, 1.54) is 24.3 Å². The van der Waals surface area contributed by atoms with E-state index in [9.17, 15) is 18.0 Å². The molecule has 0 atom stereocenters. The Hall–Kier alpha value is -2.91. The van der Waals surface area contributed by atoms with E-state index in [-0.39, 0.29) is 10.5 Å². The molecular weight excluding hydrogens is 384 g/mol. The van der Waals surface area contributed by atoms with E-state index in [1.807, 2.05) is 13.8 Å². The Labute approximate surface area is 163 Å². The second-order valence-electron chi connectivity index (χ2n) is 6.43. The van der Waals surface area contributed by atoms with Crippen molar-refractivity contribution in [2.24, 2.45) is 11.1 Å². The van der Waals surface area contributed by atoms with Crippen molar-refractivity contribution < 1.29 is 27.5 Å². The number of hydrogen-bond acceptors (Lipinski definition) is 6. The summed E-state index contributed by atoms with van der Waals surface area (Å²) >= 11 is 0. The number of sulfonamides is 1. The van der Waals surface area contributed by atoms with Crippen LogP contribution in [0, 0.1) is 5.92 Å². The molecule has 2 rings (SSSR count). The van der Waals surface area contributed by atoms with Crippen molar-refractivity contribution in [1.29, 1.82) is 0 Å². The second kappa shape index (κ2) is 9.34. The molecule has 0 heterocycles. The van der Waals surface area contributed by atoms with Crippen molar-refractivity contribution in [3.63, 3.8) is 0 Å². The number of esters is 1. The van der Waals surface area contributed by atoms with Crippen LogP contribution in [0.3, 0.4) is 0 Å². The fourth-order valence-corrected chi connectivity index (χ4v) is 2.63. The van der Waals surface area contributed by atoms with Gasteiger partial charge in [-0.1, -0.05) is 19.9 Å². The van der Waals surface area contributed by atoms with Crippen molar-refractivity contribution in [3.8, 4) is 5.75 Å². The fourth-order valence-electron chi connectivity index (χ4n) is 2.12. The maximum Gasteiger partial charge on any atom is 0.338 e. The molecule has 0 spiro atoms. The fraction of sp³-hybridized carbons (Fsp3) is 0.263. The summed E-state index contributed by atoms with van der Waals surface area (Å²) in [7, 11) is -3.81. The van der Waals surface area contributed by atoms with Gasteiger partial charge >= 0.3 is 5.97 Å². The van der Waals surface area contributed by atoms with Gasteiger partial charge in [-0.25, -0.2) is 18.4 Å². The largest absolute Gasteiger partial charge is 0.493 e. The molecule has 8 nitrogen and oxygen atoms in total. The smallest absolute Gasteiger partial charge is 0.338 e. The Bertz CT molecular complexity index is 939. The van der Waals surface area contributed by atoms with E-state index in [2.05, 4.69) is 5.32 Å². The zero-order chi connectivity index (χ0) is 20.7. The van der Waals surface area contributed by atoms with Crippen LogP contribution in [0.2, 0.25) is 0 Å². The third kappa shape index (κ3) is 6.67. The maximum absolute atomic E-state index is 12.1. The Morgan fingerprint density at radius 3 is 2.39 bits per heavy atom. The zero-order valence-electron chi connectivity index (χ0n) is 15.5. The van der Waals surface area contributed by atoms with E-state index in [0.29, 0.717) is 24.0 Å².